The lowest BCUT2D eigenvalue weighted by Gasteiger charge is -2.32. The molecule has 1 fully saturated rings. The van der Waals surface area contributed by atoms with E-state index in [1.165, 1.54) is 12.1 Å². The summed E-state index contributed by atoms with van der Waals surface area (Å²) in [6.45, 7) is 9.83. The van der Waals surface area contributed by atoms with Crippen LogP contribution in [0.25, 0.3) is 0 Å². The van der Waals surface area contributed by atoms with Crippen LogP contribution < -0.4 is 9.65 Å². The van der Waals surface area contributed by atoms with Crippen LogP contribution in [0.3, 0.4) is 0 Å². The van der Waals surface area contributed by atoms with Crippen molar-refractivity contribution in [3.05, 3.63) is 54.1 Å². The third-order valence-corrected chi connectivity index (χ3v) is 6.18. The summed E-state index contributed by atoms with van der Waals surface area (Å²) in [5.41, 5.74) is 0.933. The van der Waals surface area contributed by atoms with Crippen molar-refractivity contribution in [3.8, 4) is 5.75 Å². The van der Waals surface area contributed by atoms with Crippen molar-refractivity contribution in [3.63, 3.8) is 0 Å². The van der Waals surface area contributed by atoms with Gasteiger partial charge in [-0.3, -0.25) is 0 Å². The monoisotopic (exact) mass is 374 g/mol. The molecule has 1 aliphatic rings. The van der Waals surface area contributed by atoms with E-state index in [1.54, 1.807) is 36.4 Å². The van der Waals surface area contributed by atoms with Crippen LogP contribution in [0, 0.1) is 6.92 Å². The first-order valence-electron chi connectivity index (χ1n) is 8.47. The maximum atomic E-state index is 12.4. The zero-order chi connectivity index (χ0) is 19.2. The first kappa shape index (κ1) is 19.0. The summed E-state index contributed by atoms with van der Waals surface area (Å²) >= 11 is 0. The van der Waals surface area contributed by atoms with Gasteiger partial charge in [-0.1, -0.05) is 29.8 Å². The summed E-state index contributed by atoms with van der Waals surface area (Å²) in [7, 11) is -4.36. The molecule has 0 N–H and O–H groups in total. The second-order valence-corrected chi connectivity index (χ2v) is 9.05. The molecule has 0 spiro atoms. The Morgan fingerprint density at radius 2 is 1.35 bits per heavy atom. The van der Waals surface area contributed by atoms with E-state index in [2.05, 4.69) is 0 Å². The molecule has 26 heavy (non-hydrogen) atoms. The number of hydrogen-bond acceptors (Lipinski definition) is 5. The highest BCUT2D eigenvalue weighted by Gasteiger charge is 2.51. The Labute approximate surface area is 155 Å². The molecule has 2 aromatic carbocycles. The molecule has 0 bridgehead atoms. The van der Waals surface area contributed by atoms with Crippen LogP contribution in [0.2, 0.25) is 0 Å². The van der Waals surface area contributed by atoms with Gasteiger partial charge >= 0.3 is 17.2 Å². The van der Waals surface area contributed by atoms with E-state index < -0.39 is 28.4 Å². The maximum Gasteiger partial charge on any atom is 0.494 e. The Morgan fingerprint density at radius 1 is 0.846 bits per heavy atom. The molecule has 0 radical (unpaired) electrons. The van der Waals surface area contributed by atoms with Crippen LogP contribution >= 0.6 is 0 Å². The van der Waals surface area contributed by atoms with E-state index in [0.717, 1.165) is 11.0 Å². The quantitative estimate of drug-likeness (QED) is 0.608. The fourth-order valence-electron chi connectivity index (χ4n) is 2.54. The van der Waals surface area contributed by atoms with Gasteiger partial charge < -0.3 is 13.5 Å². The van der Waals surface area contributed by atoms with Crippen molar-refractivity contribution in [2.45, 2.75) is 50.7 Å². The molecule has 0 atom stereocenters. The van der Waals surface area contributed by atoms with Crippen LogP contribution in [0.15, 0.2) is 53.4 Å². The van der Waals surface area contributed by atoms with Crippen molar-refractivity contribution >= 4 is 22.7 Å². The Balaban J connectivity index is 1.75. The second kappa shape index (κ2) is 6.41. The Hall–Kier alpha value is -1.83. The summed E-state index contributed by atoms with van der Waals surface area (Å²) in [5, 5.41) is 0. The maximum absolute atomic E-state index is 12.4. The van der Waals surface area contributed by atoms with Gasteiger partial charge in [-0.2, -0.15) is 8.42 Å². The second-order valence-electron chi connectivity index (χ2n) is 7.51. The molecule has 3 rings (SSSR count). The first-order valence-corrected chi connectivity index (χ1v) is 9.88. The zero-order valence-electron chi connectivity index (χ0n) is 15.6. The van der Waals surface area contributed by atoms with Gasteiger partial charge in [-0.25, -0.2) is 0 Å². The number of hydrogen-bond donors (Lipinski definition) is 0. The van der Waals surface area contributed by atoms with Gasteiger partial charge in [-0.05, 0) is 64.3 Å². The van der Waals surface area contributed by atoms with Gasteiger partial charge in [0.25, 0.3) is 0 Å². The van der Waals surface area contributed by atoms with Crippen LogP contribution in [-0.2, 0) is 19.4 Å². The van der Waals surface area contributed by atoms with Gasteiger partial charge in [0.2, 0.25) is 0 Å². The zero-order valence-corrected chi connectivity index (χ0v) is 16.5. The van der Waals surface area contributed by atoms with Crippen LogP contribution in [0.1, 0.15) is 33.3 Å². The molecular formula is C19H23BO5S. The van der Waals surface area contributed by atoms with E-state index >= 15 is 0 Å². The molecule has 0 aromatic heterocycles. The third-order valence-electron chi connectivity index (χ3n) is 4.92. The van der Waals surface area contributed by atoms with Crippen molar-refractivity contribution in [1.82, 2.24) is 0 Å². The standard InChI is InChI=1S/C19H23BO5S/c1-14-6-12-17(13-7-14)26(21,22)23-16-10-8-15(9-11-16)20-24-18(2,3)19(4,5)25-20/h6-13H,1-5H3. The van der Waals surface area contributed by atoms with Crippen LogP contribution in [-0.4, -0.2) is 26.7 Å². The van der Waals surface area contributed by atoms with Gasteiger partial charge in [0.15, 0.2) is 0 Å². The SMILES string of the molecule is Cc1ccc(S(=O)(=O)Oc2ccc(B3OC(C)(C)C(C)(C)O3)cc2)cc1. The molecule has 1 heterocycles. The van der Waals surface area contributed by atoms with E-state index in [4.69, 9.17) is 13.5 Å². The minimum absolute atomic E-state index is 0.123. The lowest BCUT2D eigenvalue weighted by Crippen LogP contribution is -2.41. The van der Waals surface area contributed by atoms with E-state index in [0.29, 0.717) is 0 Å². The number of benzene rings is 2. The average Bonchev–Trinajstić information content (AvgIpc) is 2.76. The highest BCUT2D eigenvalue weighted by Crippen LogP contribution is 2.36. The molecular weight excluding hydrogens is 351 g/mol. The van der Waals surface area contributed by atoms with Crippen LogP contribution in [0.4, 0.5) is 0 Å². The van der Waals surface area contributed by atoms with Gasteiger partial charge in [0.05, 0.1) is 11.2 Å². The number of rotatable bonds is 4. The molecule has 5 nitrogen and oxygen atoms in total. The minimum Gasteiger partial charge on any atom is -0.399 e. The summed E-state index contributed by atoms with van der Waals surface area (Å²) < 4.78 is 41.9. The fourth-order valence-corrected chi connectivity index (χ4v) is 3.47. The predicted octanol–water partition coefficient (Wildman–Crippen LogP) is 3.06. The van der Waals surface area contributed by atoms with Gasteiger partial charge in [0.1, 0.15) is 10.6 Å². The lowest BCUT2D eigenvalue weighted by atomic mass is 9.79. The Bertz CT molecular complexity index is 871. The molecule has 7 heteroatoms. The molecule has 0 amide bonds. The van der Waals surface area contributed by atoms with E-state index in [-0.39, 0.29) is 10.6 Å². The van der Waals surface area contributed by atoms with E-state index in [1.807, 2.05) is 34.6 Å². The third kappa shape index (κ3) is 3.65. The van der Waals surface area contributed by atoms with Crippen molar-refractivity contribution < 1.29 is 21.9 Å². The smallest absolute Gasteiger partial charge is 0.399 e. The lowest BCUT2D eigenvalue weighted by molar-refractivity contribution is 0.00578. The largest absolute Gasteiger partial charge is 0.494 e. The minimum atomic E-state index is -3.86. The van der Waals surface area contributed by atoms with Crippen molar-refractivity contribution in [2.75, 3.05) is 0 Å². The van der Waals surface area contributed by atoms with Crippen molar-refractivity contribution in [1.29, 1.82) is 0 Å². The molecule has 2 aromatic rings. The molecule has 0 unspecified atom stereocenters. The van der Waals surface area contributed by atoms with Gasteiger partial charge in [-0.15, -0.1) is 0 Å². The normalized spacial score (nSPS) is 18.7. The fraction of sp³-hybridized carbons (Fsp3) is 0.368. The highest BCUT2D eigenvalue weighted by atomic mass is 32.2. The molecule has 0 saturated carbocycles. The number of aryl methyl sites for hydroxylation is 1. The van der Waals surface area contributed by atoms with Gasteiger partial charge in [0, 0.05) is 0 Å². The molecule has 138 valence electrons. The molecule has 0 aliphatic carbocycles. The summed E-state index contributed by atoms with van der Waals surface area (Å²) in [4.78, 5) is 0.123. The topological polar surface area (TPSA) is 61.8 Å². The molecule has 1 saturated heterocycles. The molecule has 1 aliphatic heterocycles. The summed E-state index contributed by atoms with van der Waals surface area (Å²) in [6.07, 6.45) is 0. The van der Waals surface area contributed by atoms with Crippen LogP contribution in [0.5, 0.6) is 5.75 Å². The Morgan fingerprint density at radius 3 is 1.85 bits per heavy atom. The average molecular weight is 374 g/mol. The van der Waals surface area contributed by atoms with Crippen molar-refractivity contribution in [2.24, 2.45) is 0 Å². The predicted molar refractivity (Wildman–Crippen MR) is 101 cm³/mol. The first-order chi connectivity index (χ1) is 12.0. The summed E-state index contributed by atoms with van der Waals surface area (Å²) in [5.74, 6) is 0.242. The highest BCUT2D eigenvalue weighted by molar-refractivity contribution is 7.87. The summed E-state index contributed by atoms with van der Waals surface area (Å²) in [6, 6.07) is 13.2. The Kier molecular flexibility index (Phi) is 4.67. The van der Waals surface area contributed by atoms with E-state index in [9.17, 15) is 8.42 Å².